The molecule has 1 aromatic heterocycles. The summed E-state index contributed by atoms with van der Waals surface area (Å²) in [5, 5.41) is 7.87. The van der Waals surface area contributed by atoms with Crippen molar-refractivity contribution in [1.82, 2.24) is 9.78 Å². The number of hydrogen-bond donors (Lipinski definition) is 1. The maximum Gasteiger partial charge on any atom is 0.0825 e. The third-order valence-corrected chi connectivity index (χ3v) is 3.13. The van der Waals surface area contributed by atoms with E-state index in [-0.39, 0.29) is 6.04 Å². The van der Waals surface area contributed by atoms with Crippen LogP contribution in [0.3, 0.4) is 0 Å². The van der Waals surface area contributed by atoms with Crippen LogP contribution in [-0.4, -0.2) is 9.78 Å². The van der Waals surface area contributed by atoms with E-state index in [1.165, 1.54) is 16.7 Å². The lowest BCUT2D eigenvalue weighted by Crippen LogP contribution is -2.07. The predicted octanol–water partition coefficient (Wildman–Crippen LogP) is 3.52. The molecule has 2 aromatic rings. The normalized spacial score (nSPS) is 12.5. The van der Waals surface area contributed by atoms with Gasteiger partial charge in [-0.15, -0.1) is 0 Å². The van der Waals surface area contributed by atoms with Gasteiger partial charge >= 0.3 is 0 Å². The molecular weight excluding hydrogens is 222 g/mol. The third-order valence-electron chi connectivity index (χ3n) is 3.13. The van der Waals surface area contributed by atoms with Crippen molar-refractivity contribution in [2.75, 3.05) is 5.32 Å². The molecule has 3 nitrogen and oxygen atoms in total. The molecule has 0 saturated heterocycles. The number of benzene rings is 1. The van der Waals surface area contributed by atoms with Crippen molar-refractivity contribution in [3.05, 3.63) is 46.8 Å². The second kappa shape index (κ2) is 4.84. The molecule has 1 unspecified atom stereocenters. The zero-order chi connectivity index (χ0) is 13.3. The topological polar surface area (TPSA) is 29.9 Å². The van der Waals surface area contributed by atoms with Crippen LogP contribution in [-0.2, 0) is 7.05 Å². The maximum absolute atomic E-state index is 4.35. The summed E-state index contributed by atoms with van der Waals surface area (Å²) in [6.45, 7) is 8.48. The highest BCUT2D eigenvalue weighted by atomic mass is 15.3. The minimum atomic E-state index is 0.284. The molecule has 0 spiro atoms. The van der Waals surface area contributed by atoms with Gasteiger partial charge in [0, 0.05) is 19.3 Å². The summed E-state index contributed by atoms with van der Waals surface area (Å²) < 4.78 is 1.84. The maximum atomic E-state index is 4.35. The van der Waals surface area contributed by atoms with Gasteiger partial charge in [0.05, 0.1) is 11.4 Å². The van der Waals surface area contributed by atoms with Crippen LogP contribution in [0.2, 0.25) is 0 Å². The average Bonchev–Trinajstić information content (AvgIpc) is 2.56. The second-order valence-electron chi connectivity index (χ2n) is 5.09. The van der Waals surface area contributed by atoms with Crippen LogP contribution >= 0.6 is 0 Å². The molecule has 18 heavy (non-hydrogen) atoms. The molecule has 1 N–H and O–H groups in total. The van der Waals surface area contributed by atoms with Crippen LogP contribution in [0.5, 0.6) is 0 Å². The SMILES string of the molecule is Cc1cc(C)cc(C(C)Nc2cn(C)nc2C)c1. The van der Waals surface area contributed by atoms with E-state index < -0.39 is 0 Å². The van der Waals surface area contributed by atoms with Gasteiger partial charge in [-0.25, -0.2) is 0 Å². The summed E-state index contributed by atoms with van der Waals surface area (Å²) in [5.41, 5.74) is 6.07. The van der Waals surface area contributed by atoms with E-state index in [2.05, 4.69) is 49.4 Å². The number of nitrogens with one attached hydrogen (secondary N) is 1. The Morgan fingerprint density at radius 1 is 1.11 bits per heavy atom. The third kappa shape index (κ3) is 2.73. The second-order valence-corrected chi connectivity index (χ2v) is 5.09. The first-order chi connectivity index (χ1) is 8.45. The van der Waals surface area contributed by atoms with Crippen molar-refractivity contribution in [3.63, 3.8) is 0 Å². The fourth-order valence-corrected chi connectivity index (χ4v) is 2.32. The number of aryl methyl sites for hydroxylation is 4. The molecule has 0 fully saturated rings. The predicted molar refractivity (Wildman–Crippen MR) is 75.9 cm³/mol. The molecule has 1 atom stereocenters. The lowest BCUT2D eigenvalue weighted by molar-refractivity contribution is 0.756. The Morgan fingerprint density at radius 2 is 1.72 bits per heavy atom. The van der Waals surface area contributed by atoms with E-state index in [0.29, 0.717) is 0 Å². The van der Waals surface area contributed by atoms with Crippen molar-refractivity contribution in [2.24, 2.45) is 7.05 Å². The molecule has 2 rings (SSSR count). The smallest absolute Gasteiger partial charge is 0.0825 e. The molecule has 0 amide bonds. The van der Waals surface area contributed by atoms with Crippen LogP contribution in [0.15, 0.2) is 24.4 Å². The Bertz CT molecular complexity index is 535. The molecule has 96 valence electrons. The zero-order valence-corrected chi connectivity index (χ0v) is 11.8. The van der Waals surface area contributed by atoms with Gasteiger partial charge in [-0.3, -0.25) is 4.68 Å². The largest absolute Gasteiger partial charge is 0.376 e. The van der Waals surface area contributed by atoms with Crippen LogP contribution in [0.25, 0.3) is 0 Å². The summed E-state index contributed by atoms with van der Waals surface area (Å²) in [6, 6.07) is 6.95. The first-order valence-electron chi connectivity index (χ1n) is 6.30. The average molecular weight is 243 g/mol. The highest BCUT2D eigenvalue weighted by Crippen LogP contribution is 2.22. The number of anilines is 1. The monoisotopic (exact) mass is 243 g/mol. The highest BCUT2D eigenvalue weighted by molar-refractivity contribution is 5.48. The van der Waals surface area contributed by atoms with Gasteiger partial charge in [0.15, 0.2) is 0 Å². The first-order valence-corrected chi connectivity index (χ1v) is 6.30. The fourth-order valence-electron chi connectivity index (χ4n) is 2.32. The quantitative estimate of drug-likeness (QED) is 0.894. The van der Waals surface area contributed by atoms with Crippen LogP contribution in [0.4, 0.5) is 5.69 Å². The summed E-state index contributed by atoms with van der Waals surface area (Å²) in [7, 11) is 1.94. The highest BCUT2D eigenvalue weighted by Gasteiger charge is 2.09. The number of nitrogens with zero attached hydrogens (tertiary/aromatic N) is 2. The summed E-state index contributed by atoms with van der Waals surface area (Å²) in [4.78, 5) is 0. The Hall–Kier alpha value is -1.77. The van der Waals surface area contributed by atoms with Gasteiger partial charge in [0.2, 0.25) is 0 Å². The Labute approximate surface area is 109 Å². The lowest BCUT2D eigenvalue weighted by Gasteiger charge is -2.16. The van der Waals surface area contributed by atoms with Gasteiger partial charge in [0.1, 0.15) is 0 Å². The number of hydrogen-bond acceptors (Lipinski definition) is 2. The molecule has 0 bridgehead atoms. The number of aromatic nitrogens is 2. The summed E-state index contributed by atoms with van der Waals surface area (Å²) in [6.07, 6.45) is 2.02. The zero-order valence-electron chi connectivity index (χ0n) is 11.8. The van der Waals surface area contributed by atoms with E-state index in [0.717, 1.165) is 11.4 Å². The number of rotatable bonds is 3. The van der Waals surface area contributed by atoms with Gasteiger partial charge in [-0.1, -0.05) is 29.3 Å². The first kappa shape index (κ1) is 12.7. The summed E-state index contributed by atoms with van der Waals surface area (Å²) in [5.74, 6) is 0. The van der Waals surface area contributed by atoms with Crippen molar-refractivity contribution in [2.45, 2.75) is 33.7 Å². The van der Waals surface area contributed by atoms with Crippen molar-refractivity contribution >= 4 is 5.69 Å². The molecule has 1 aromatic carbocycles. The molecule has 3 heteroatoms. The van der Waals surface area contributed by atoms with Crippen molar-refractivity contribution in [1.29, 1.82) is 0 Å². The van der Waals surface area contributed by atoms with Crippen molar-refractivity contribution < 1.29 is 0 Å². The van der Waals surface area contributed by atoms with Gasteiger partial charge in [-0.2, -0.15) is 5.10 Å². The van der Waals surface area contributed by atoms with E-state index in [9.17, 15) is 0 Å². The Morgan fingerprint density at radius 3 is 2.22 bits per heavy atom. The van der Waals surface area contributed by atoms with E-state index in [4.69, 9.17) is 0 Å². The van der Waals surface area contributed by atoms with Crippen LogP contribution < -0.4 is 5.32 Å². The van der Waals surface area contributed by atoms with Crippen LogP contribution in [0, 0.1) is 20.8 Å². The summed E-state index contributed by atoms with van der Waals surface area (Å²) >= 11 is 0. The molecule has 0 saturated carbocycles. The lowest BCUT2D eigenvalue weighted by atomic mass is 10.0. The van der Waals surface area contributed by atoms with E-state index in [1.807, 2.05) is 24.9 Å². The molecule has 0 aliphatic heterocycles. The molecule has 0 aliphatic carbocycles. The van der Waals surface area contributed by atoms with Gasteiger partial charge < -0.3 is 5.32 Å². The minimum absolute atomic E-state index is 0.284. The Balaban J connectivity index is 2.21. The molecular formula is C15H21N3. The Kier molecular flexibility index (Phi) is 3.41. The fraction of sp³-hybridized carbons (Fsp3) is 0.400. The van der Waals surface area contributed by atoms with Gasteiger partial charge in [-0.05, 0) is 33.3 Å². The molecule has 1 heterocycles. The standard InChI is InChI=1S/C15H21N3/c1-10-6-11(2)8-14(7-10)12(3)16-15-9-18(5)17-13(15)4/h6-9,12,16H,1-5H3. The van der Waals surface area contributed by atoms with E-state index in [1.54, 1.807) is 0 Å². The molecule has 0 aliphatic rings. The van der Waals surface area contributed by atoms with E-state index >= 15 is 0 Å². The van der Waals surface area contributed by atoms with Crippen LogP contribution in [0.1, 0.15) is 35.3 Å². The van der Waals surface area contributed by atoms with Gasteiger partial charge in [0.25, 0.3) is 0 Å². The minimum Gasteiger partial charge on any atom is -0.376 e. The van der Waals surface area contributed by atoms with Crippen molar-refractivity contribution in [3.8, 4) is 0 Å². The molecule has 0 radical (unpaired) electrons.